The Bertz CT molecular complexity index is 1520. The number of fused-ring (bicyclic) bond motifs is 3. The fraction of sp³-hybridized carbons (Fsp3) is 0.214. The third-order valence-corrected chi connectivity index (χ3v) is 6.40. The first kappa shape index (κ1) is 22.8. The van der Waals surface area contributed by atoms with E-state index >= 15 is 0 Å². The second kappa shape index (κ2) is 9.42. The van der Waals surface area contributed by atoms with Crippen molar-refractivity contribution in [3.8, 4) is 17.2 Å². The number of anilines is 1. The average Bonchev–Trinajstić information content (AvgIpc) is 3.34. The van der Waals surface area contributed by atoms with Crippen LogP contribution in [0.3, 0.4) is 0 Å². The Balaban J connectivity index is 1.25. The van der Waals surface area contributed by atoms with E-state index < -0.39 is 6.10 Å². The molecule has 0 bridgehead atoms. The van der Waals surface area contributed by atoms with E-state index in [1.165, 1.54) is 6.20 Å². The number of para-hydroxylation sites is 2. The minimum atomic E-state index is -0.594. The van der Waals surface area contributed by atoms with Crippen molar-refractivity contribution in [1.82, 2.24) is 14.9 Å². The largest absolute Gasteiger partial charge is 0.480 e. The second-order valence-electron chi connectivity index (χ2n) is 8.92. The fourth-order valence-electron chi connectivity index (χ4n) is 4.50. The summed E-state index contributed by atoms with van der Waals surface area (Å²) in [7, 11) is 0. The molecule has 2 amide bonds. The van der Waals surface area contributed by atoms with Gasteiger partial charge in [0.25, 0.3) is 11.8 Å². The molecule has 2 aliphatic heterocycles. The summed E-state index contributed by atoms with van der Waals surface area (Å²) in [5.74, 6) is 1.53. The number of amides is 2. The molecule has 0 fully saturated rings. The molecule has 0 radical (unpaired) electrons. The average molecular weight is 497 g/mol. The minimum Gasteiger partial charge on any atom is -0.480 e. The molecular formula is C28H24N4O5. The Morgan fingerprint density at radius 1 is 1.03 bits per heavy atom. The van der Waals surface area contributed by atoms with Crippen molar-refractivity contribution >= 4 is 28.5 Å². The number of carbonyl (C=O) groups excluding carboxylic acids is 2. The lowest BCUT2D eigenvalue weighted by Crippen LogP contribution is -2.38. The maximum absolute atomic E-state index is 13.3. The number of rotatable bonds is 5. The number of hydrogen-bond donors (Lipinski definition) is 1. The molecule has 0 aliphatic carbocycles. The van der Waals surface area contributed by atoms with Crippen LogP contribution >= 0.6 is 0 Å². The second-order valence-corrected chi connectivity index (χ2v) is 8.92. The molecule has 2 aliphatic rings. The topological polar surface area (TPSA) is 103 Å². The molecule has 186 valence electrons. The van der Waals surface area contributed by atoms with Crippen LogP contribution in [0.25, 0.3) is 11.0 Å². The van der Waals surface area contributed by atoms with Crippen LogP contribution in [0.4, 0.5) is 5.69 Å². The molecular weight excluding hydrogens is 472 g/mol. The third-order valence-electron chi connectivity index (χ3n) is 6.40. The molecule has 4 aromatic rings. The van der Waals surface area contributed by atoms with Crippen molar-refractivity contribution in [1.29, 1.82) is 0 Å². The lowest BCUT2D eigenvalue weighted by atomic mass is 10.1. The molecule has 37 heavy (non-hydrogen) atoms. The van der Waals surface area contributed by atoms with E-state index in [0.29, 0.717) is 48.0 Å². The highest BCUT2D eigenvalue weighted by atomic mass is 16.7. The normalized spacial score (nSPS) is 16.2. The van der Waals surface area contributed by atoms with Crippen molar-refractivity contribution in [2.24, 2.45) is 0 Å². The van der Waals surface area contributed by atoms with Gasteiger partial charge >= 0.3 is 0 Å². The van der Waals surface area contributed by atoms with Crippen molar-refractivity contribution < 1.29 is 23.8 Å². The van der Waals surface area contributed by atoms with Gasteiger partial charge in [-0.3, -0.25) is 14.6 Å². The number of benzene rings is 3. The lowest BCUT2D eigenvalue weighted by molar-refractivity contribution is -0.139. The molecule has 9 heteroatoms. The molecule has 3 aromatic carbocycles. The summed E-state index contributed by atoms with van der Waals surface area (Å²) in [6.45, 7) is 2.84. The van der Waals surface area contributed by atoms with Crippen LogP contribution in [0.5, 0.6) is 17.2 Å². The van der Waals surface area contributed by atoms with Gasteiger partial charge in [-0.1, -0.05) is 25.1 Å². The van der Waals surface area contributed by atoms with Crippen molar-refractivity contribution in [2.75, 3.05) is 12.1 Å². The minimum absolute atomic E-state index is 0.0895. The van der Waals surface area contributed by atoms with Gasteiger partial charge in [-0.15, -0.1) is 0 Å². The van der Waals surface area contributed by atoms with Gasteiger partial charge in [-0.05, 0) is 54.4 Å². The van der Waals surface area contributed by atoms with Gasteiger partial charge in [0.2, 0.25) is 6.79 Å². The number of ether oxygens (including phenoxy) is 3. The zero-order chi connectivity index (χ0) is 25.4. The van der Waals surface area contributed by atoms with E-state index in [2.05, 4.69) is 15.3 Å². The molecule has 1 aromatic heterocycles. The summed E-state index contributed by atoms with van der Waals surface area (Å²) in [5, 5.41) is 2.89. The van der Waals surface area contributed by atoms with Crippen LogP contribution in [-0.2, 0) is 17.9 Å². The van der Waals surface area contributed by atoms with Crippen molar-refractivity contribution in [3.63, 3.8) is 0 Å². The van der Waals surface area contributed by atoms with Gasteiger partial charge < -0.3 is 24.4 Å². The summed E-state index contributed by atoms with van der Waals surface area (Å²) >= 11 is 0. The predicted octanol–water partition coefficient (Wildman–Crippen LogP) is 4.31. The first-order valence-corrected chi connectivity index (χ1v) is 12.1. The van der Waals surface area contributed by atoms with Crippen LogP contribution in [0.1, 0.15) is 35.0 Å². The highest BCUT2D eigenvalue weighted by Crippen LogP contribution is 2.34. The van der Waals surface area contributed by atoms with E-state index in [0.717, 1.165) is 16.6 Å². The van der Waals surface area contributed by atoms with Crippen LogP contribution in [0.15, 0.2) is 66.9 Å². The van der Waals surface area contributed by atoms with E-state index in [4.69, 9.17) is 14.2 Å². The van der Waals surface area contributed by atoms with Gasteiger partial charge in [-0.2, -0.15) is 0 Å². The molecule has 3 heterocycles. The molecule has 1 unspecified atom stereocenters. The number of hydrogen-bond acceptors (Lipinski definition) is 7. The van der Waals surface area contributed by atoms with E-state index in [-0.39, 0.29) is 24.3 Å². The summed E-state index contributed by atoms with van der Waals surface area (Å²) in [6, 6.07) is 18.4. The van der Waals surface area contributed by atoms with Crippen LogP contribution in [0, 0.1) is 0 Å². The van der Waals surface area contributed by atoms with Crippen LogP contribution in [-0.4, -0.2) is 39.6 Å². The molecule has 0 saturated carbocycles. The standard InChI is InChI=1S/C28H24N4O5/c1-2-23-28(34)32(14-17-7-9-25-26(11-17)36-16-35-25)15-18-12-19(8-10-24(18)37-23)30-27(33)22-13-29-20-5-3-4-6-21(20)31-22/h3-13,23H,2,14-16H2,1H3,(H,30,33). The Morgan fingerprint density at radius 3 is 2.70 bits per heavy atom. The molecule has 1 N–H and O–H groups in total. The zero-order valence-corrected chi connectivity index (χ0v) is 20.1. The number of aromatic nitrogens is 2. The van der Waals surface area contributed by atoms with Gasteiger partial charge in [-0.25, -0.2) is 4.98 Å². The molecule has 0 spiro atoms. The number of nitrogens with zero attached hydrogens (tertiary/aromatic N) is 3. The van der Waals surface area contributed by atoms with Crippen molar-refractivity contribution in [2.45, 2.75) is 32.5 Å². The zero-order valence-electron chi connectivity index (χ0n) is 20.1. The van der Waals surface area contributed by atoms with Crippen LogP contribution < -0.4 is 19.5 Å². The maximum Gasteiger partial charge on any atom is 0.275 e. The highest BCUT2D eigenvalue weighted by Gasteiger charge is 2.30. The predicted molar refractivity (Wildman–Crippen MR) is 135 cm³/mol. The molecule has 0 saturated heterocycles. The van der Waals surface area contributed by atoms with E-state index in [1.54, 1.807) is 17.0 Å². The van der Waals surface area contributed by atoms with Gasteiger partial charge in [0.15, 0.2) is 17.6 Å². The van der Waals surface area contributed by atoms with E-state index in [1.807, 2.05) is 55.5 Å². The SMILES string of the molecule is CCC1Oc2ccc(NC(=O)c3cnc4ccccc4n3)cc2CN(Cc2ccc3c(c2)OCO3)C1=O. The Morgan fingerprint density at radius 2 is 1.84 bits per heavy atom. The Kier molecular flexibility index (Phi) is 5.80. The summed E-state index contributed by atoms with van der Waals surface area (Å²) in [5.41, 5.74) is 3.89. The van der Waals surface area contributed by atoms with Crippen LogP contribution in [0.2, 0.25) is 0 Å². The first-order chi connectivity index (χ1) is 18.1. The Labute approximate surface area is 213 Å². The molecule has 9 nitrogen and oxygen atoms in total. The monoisotopic (exact) mass is 496 g/mol. The van der Waals surface area contributed by atoms with Gasteiger partial charge in [0.05, 0.1) is 17.2 Å². The van der Waals surface area contributed by atoms with Crippen molar-refractivity contribution in [3.05, 3.63) is 83.7 Å². The number of carbonyl (C=O) groups is 2. The molecule has 1 atom stereocenters. The summed E-state index contributed by atoms with van der Waals surface area (Å²) in [6.07, 6.45) is 1.40. The third kappa shape index (κ3) is 4.51. The van der Waals surface area contributed by atoms with Gasteiger partial charge in [0, 0.05) is 24.3 Å². The molecule has 6 rings (SSSR count). The highest BCUT2D eigenvalue weighted by molar-refractivity contribution is 6.03. The van der Waals surface area contributed by atoms with Gasteiger partial charge in [0.1, 0.15) is 11.4 Å². The smallest absolute Gasteiger partial charge is 0.275 e. The maximum atomic E-state index is 13.3. The summed E-state index contributed by atoms with van der Waals surface area (Å²) in [4.78, 5) is 36.7. The lowest BCUT2D eigenvalue weighted by Gasteiger charge is -2.23. The first-order valence-electron chi connectivity index (χ1n) is 12.1. The van der Waals surface area contributed by atoms with E-state index in [9.17, 15) is 9.59 Å². The quantitative estimate of drug-likeness (QED) is 0.439. The number of nitrogens with one attached hydrogen (secondary N) is 1. The fourth-order valence-corrected chi connectivity index (χ4v) is 4.50. The summed E-state index contributed by atoms with van der Waals surface area (Å²) < 4.78 is 17.0. The Hall–Kier alpha value is -4.66.